The maximum atomic E-state index is 12.0. The van der Waals surface area contributed by atoms with E-state index in [9.17, 15) is 4.79 Å². The average Bonchev–Trinajstić information content (AvgIpc) is 2.45. The van der Waals surface area contributed by atoms with Crippen LogP contribution in [0.4, 0.5) is 11.4 Å². The van der Waals surface area contributed by atoms with Gasteiger partial charge in [-0.2, -0.15) is 0 Å². The molecule has 98 valence electrons. The fourth-order valence-electron chi connectivity index (χ4n) is 1.64. The topological polar surface area (TPSA) is 55.6 Å². The normalized spacial score (nSPS) is 9.95. The summed E-state index contributed by atoms with van der Waals surface area (Å²) in [6.45, 7) is -0.0190. The Morgan fingerprint density at radius 3 is 2.58 bits per heavy atom. The van der Waals surface area contributed by atoms with Gasteiger partial charge in [-0.25, -0.2) is 0 Å². The van der Waals surface area contributed by atoms with Crippen LogP contribution in [0.15, 0.2) is 54.6 Å². The number of nitrogens with zero attached hydrogens (tertiary/aromatic N) is 1. The molecule has 0 atom stereocenters. The molecule has 0 heterocycles. The van der Waals surface area contributed by atoms with Crippen LogP contribution in [0.5, 0.6) is 5.75 Å². The summed E-state index contributed by atoms with van der Waals surface area (Å²) >= 11 is 0. The number of anilines is 2. The number of nitrogen functional groups attached to an aromatic ring is 1. The second-order valence-electron chi connectivity index (χ2n) is 4.15. The van der Waals surface area contributed by atoms with Crippen molar-refractivity contribution in [3.8, 4) is 5.75 Å². The zero-order valence-electron chi connectivity index (χ0n) is 10.7. The standard InChI is InChI=1S/C15H16N2O2/c1-17(13-7-3-2-4-8-13)15(18)11-19-14-9-5-6-12(16)10-14/h2-10H,11,16H2,1H3. The van der Waals surface area contributed by atoms with Crippen molar-refractivity contribution in [3.05, 3.63) is 54.6 Å². The lowest BCUT2D eigenvalue weighted by molar-refractivity contribution is -0.120. The first-order valence-corrected chi connectivity index (χ1v) is 5.97. The predicted octanol–water partition coefficient (Wildman–Crippen LogP) is 2.31. The number of amides is 1. The van der Waals surface area contributed by atoms with Gasteiger partial charge < -0.3 is 15.4 Å². The highest BCUT2D eigenvalue weighted by molar-refractivity contribution is 5.93. The lowest BCUT2D eigenvalue weighted by Crippen LogP contribution is -2.31. The number of carbonyl (C=O) groups is 1. The maximum Gasteiger partial charge on any atom is 0.264 e. The molecule has 0 aromatic heterocycles. The Morgan fingerprint density at radius 2 is 1.89 bits per heavy atom. The van der Waals surface area contributed by atoms with E-state index in [4.69, 9.17) is 10.5 Å². The lowest BCUT2D eigenvalue weighted by atomic mass is 10.3. The van der Waals surface area contributed by atoms with Gasteiger partial charge in [-0.3, -0.25) is 4.79 Å². The van der Waals surface area contributed by atoms with Crippen LogP contribution in [-0.4, -0.2) is 19.6 Å². The molecular weight excluding hydrogens is 240 g/mol. The van der Waals surface area contributed by atoms with Gasteiger partial charge in [0.25, 0.3) is 5.91 Å². The first-order valence-electron chi connectivity index (χ1n) is 5.97. The molecule has 2 aromatic carbocycles. The van der Waals surface area contributed by atoms with Gasteiger partial charge in [0.15, 0.2) is 6.61 Å². The van der Waals surface area contributed by atoms with Crippen molar-refractivity contribution >= 4 is 17.3 Å². The molecule has 0 aliphatic rings. The van der Waals surface area contributed by atoms with Crippen molar-refractivity contribution in [2.24, 2.45) is 0 Å². The minimum Gasteiger partial charge on any atom is -0.484 e. The minimum atomic E-state index is -0.117. The third kappa shape index (κ3) is 3.48. The van der Waals surface area contributed by atoms with Crippen LogP contribution in [0.3, 0.4) is 0 Å². The summed E-state index contributed by atoms with van der Waals surface area (Å²) in [6, 6.07) is 16.4. The summed E-state index contributed by atoms with van der Waals surface area (Å²) in [5.41, 5.74) is 7.09. The fraction of sp³-hybridized carbons (Fsp3) is 0.133. The molecule has 2 aromatic rings. The Labute approximate surface area is 112 Å². The van der Waals surface area contributed by atoms with Gasteiger partial charge >= 0.3 is 0 Å². The third-order valence-corrected chi connectivity index (χ3v) is 2.74. The van der Waals surface area contributed by atoms with Gasteiger partial charge in [0.05, 0.1) is 0 Å². The Hall–Kier alpha value is -2.49. The first kappa shape index (κ1) is 13.0. The molecule has 0 radical (unpaired) electrons. The van der Waals surface area contributed by atoms with Crippen LogP contribution >= 0.6 is 0 Å². The highest BCUT2D eigenvalue weighted by Crippen LogP contribution is 2.15. The summed E-state index contributed by atoms with van der Waals surface area (Å²) in [5, 5.41) is 0. The molecule has 0 spiro atoms. The molecule has 0 bridgehead atoms. The molecule has 0 aliphatic heterocycles. The summed E-state index contributed by atoms with van der Waals surface area (Å²) in [6.07, 6.45) is 0. The van der Waals surface area contributed by atoms with E-state index < -0.39 is 0 Å². The van der Waals surface area contributed by atoms with Crippen LogP contribution in [0.25, 0.3) is 0 Å². The highest BCUT2D eigenvalue weighted by Gasteiger charge is 2.11. The Balaban J connectivity index is 1.95. The molecule has 0 fully saturated rings. The van der Waals surface area contributed by atoms with Gasteiger partial charge in [0.2, 0.25) is 0 Å². The molecule has 2 N–H and O–H groups in total. The highest BCUT2D eigenvalue weighted by atomic mass is 16.5. The van der Waals surface area contributed by atoms with Crippen LogP contribution in [-0.2, 0) is 4.79 Å². The second kappa shape index (κ2) is 5.91. The number of hydrogen-bond acceptors (Lipinski definition) is 3. The zero-order chi connectivity index (χ0) is 13.7. The van der Waals surface area contributed by atoms with Crippen molar-refractivity contribution in [1.82, 2.24) is 0 Å². The van der Waals surface area contributed by atoms with E-state index in [1.54, 1.807) is 36.2 Å². The third-order valence-electron chi connectivity index (χ3n) is 2.74. The molecule has 0 unspecified atom stereocenters. The smallest absolute Gasteiger partial charge is 0.264 e. The van der Waals surface area contributed by atoms with Gasteiger partial charge in [0, 0.05) is 24.5 Å². The molecule has 0 aliphatic carbocycles. The molecular formula is C15H16N2O2. The minimum absolute atomic E-state index is 0.0190. The van der Waals surface area contributed by atoms with Crippen LogP contribution in [0.1, 0.15) is 0 Å². The van der Waals surface area contributed by atoms with E-state index in [0.29, 0.717) is 11.4 Å². The van der Waals surface area contributed by atoms with E-state index in [1.165, 1.54) is 0 Å². The number of likely N-dealkylation sites (N-methyl/N-ethyl adjacent to an activating group) is 1. The number of hydrogen-bond donors (Lipinski definition) is 1. The van der Waals surface area contributed by atoms with Crippen molar-refractivity contribution in [3.63, 3.8) is 0 Å². The predicted molar refractivity (Wildman–Crippen MR) is 76.2 cm³/mol. The summed E-state index contributed by atoms with van der Waals surface area (Å²) in [5.74, 6) is 0.475. The lowest BCUT2D eigenvalue weighted by Gasteiger charge is -2.17. The van der Waals surface area contributed by atoms with Crippen LogP contribution in [0.2, 0.25) is 0 Å². The Morgan fingerprint density at radius 1 is 1.16 bits per heavy atom. The SMILES string of the molecule is CN(C(=O)COc1cccc(N)c1)c1ccccc1. The summed E-state index contributed by atoms with van der Waals surface area (Å²) < 4.78 is 5.42. The van der Waals surface area contributed by atoms with E-state index in [0.717, 1.165) is 5.69 Å². The molecule has 2 rings (SSSR count). The molecule has 1 amide bonds. The van der Waals surface area contributed by atoms with Crippen molar-refractivity contribution in [2.75, 3.05) is 24.3 Å². The molecule has 0 saturated carbocycles. The van der Waals surface area contributed by atoms with Gasteiger partial charge in [-0.15, -0.1) is 0 Å². The van der Waals surface area contributed by atoms with Gasteiger partial charge in [-0.05, 0) is 24.3 Å². The van der Waals surface area contributed by atoms with Crippen molar-refractivity contribution < 1.29 is 9.53 Å². The van der Waals surface area contributed by atoms with Gasteiger partial charge in [0.1, 0.15) is 5.75 Å². The number of para-hydroxylation sites is 1. The molecule has 0 saturated heterocycles. The van der Waals surface area contributed by atoms with Gasteiger partial charge in [-0.1, -0.05) is 24.3 Å². The van der Waals surface area contributed by atoms with Crippen LogP contribution < -0.4 is 15.4 Å². The maximum absolute atomic E-state index is 12.0. The van der Waals surface area contributed by atoms with E-state index in [1.807, 2.05) is 30.3 Å². The van der Waals surface area contributed by atoms with Crippen molar-refractivity contribution in [1.29, 1.82) is 0 Å². The van der Waals surface area contributed by atoms with Crippen molar-refractivity contribution in [2.45, 2.75) is 0 Å². The summed E-state index contributed by atoms with van der Waals surface area (Å²) in [4.78, 5) is 13.5. The second-order valence-corrected chi connectivity index (χ2v) is 4.15. The average molecular weight is 256 g/mol. The van der Waals surface area contributed by atoms with E-state index in [2.05, 4.69) is 0 Å². The first-order chi connectivity index (χ1) is 9.16. The van der Waals surface area contributed by atoms with E-state index >= 15 is 0 Å². The molecule has 4 heteroatoms. The number of benzene rings is 2. The van der Waals surface area contributed by atoms with Crippen LogP contribution in [0, 0.1) is 0 Å². The monoisotopic (exact) mass is 256 g/mol. The number of nitrogens with two attached hydrogens (primary N) is 1. The zero-order valence-corrected chi connectivity index (χ0v) is 10.7. The number of ether oxygens (including phenoxy) is 1. The summed E-state index contributed by atoms with van der Waals surface area (Å²) in [7, 11) is 1.72. The Kier molecular flexibility index (Phi) is 4.03. The Bertz CT molecular complexity index is 555. The fourth-order valence-corrected chi connectivity index (χ4v) is 1.64. The molecule has 4 nitrogen and oxygen atoms in total. The number of carbonyl (C=O) groups excluding carboxylic acids is 1. The number of rotatable bonds is 4. The van der Waals surface area contributed by atoms with E-state index in [-0.39, 0.29) is 12.5 Å². The quantitative estimate of drug-likeness (QED) is 0.854. The largest absolute Gasteiger partial charge is 0.484 e. The molecule has 19 heavy (non-hydrogen) atoms.